The van der Waals surface area contributed by atoms with Crippen molar-refractivity contribution in [1.29, 1.82) is 0 Å². The monoisotopic (exact) mass is 365 g/mol. The molecule has 0 unspecified atom stereocenters. The number of aromatic nitrogens is 2. The minimum Gasteiger partial charge on any atom is -0.444 e. The van der Waals surface area contributed by atoms with Gasteiger partial charge in [0.05, 0.1) is 0 Å². The number of hydrogen-bond donors (Lipinski definition) is 1. The van der Waals surface area contributed by atoms with Gasteiger partial charge < -0.3 is 9.26 Å². The zero-order chi connectivity index (χ0) is 19.6. The van der Waals surface area contributed by atoms with Gasteiger partial charge in [0.15, 0.2) is 0 Å². The summed E-state index contributed by atoms with van der Waals surface area (Å²) in [6.45, 7) is 9.30. The van der Waals surface area contributed by atoms with Crippen LogP contribution in [0.1, 0.15) is 32.2 Å². The molecule has 1 heterocycles. The van der Waals surface area contributed by atoms with Crippen molar-refractivity contribution < 1.29 is 14.1 Å². The van der Waals surface area contributed by atoms with Crippen LogP contribution in [-0.2, 0) is 4.74 Å². The number of benzene rings is 2. The Kier molecular flexibility index (Phi) is 4.99. The van der Waals surface area contributed by atoms with E-state index in [1.54, 1.807) is 6.92 Å². The van der Waals surface area contributed by atoms with E-state index in [4.69, 9.17) is 9.26 Å². The fourth-order valence-electron chi connectivity index (χ4n) is 2.70. The van der Waals surface area contributed by atoms with Gasteiger partial charge in [0, 0.05) is 18.2 Å². The Bertz CT molecular complexity index is 954. The van der Waals surface area contributed by atoms with Crippen molar-refractivity contribution in [2.75, 3.05) is 5.32 Å². The first-order valence-corrected chi connectivity index (χ1v) is 8.73. The molecular formula is C21H23N3O3. The van der Waals surface area contributed by atoms with Crippen LogP contribution in [0.3, 0.4) is 0 Å². The van der Waals surface area contributed by atoms with E-state index < -0.39 is 11.7 Å². The predicted molar refractivity (Wildman–Crippen MR) is 105 cm³/mol. The molecule has 3 rings (SSSR count). The summed E-state index contributed by atoms with van der Waals surface area (Å²) in [7, 11) is 0. The van der Waals surface area contributed by atoms with Gasteiger partial charge >= 0.3 is 6.09 Å². The average Bonchev–Trinajstić information content (AvgIpc) is 3.00. The summed E-state index contributed by atoms with van der Waals surface area (Å²) >= 11 is 0. The second-order valence-electron chi connectivity index (χ2n) is 7.37. The van der Waals surface area contributed by atoms with Crippen molar-refractivity contribution in [3.8, 4) is 22.5 Å². The van der Waals surface area contributed by atoms with Crippen LogP contribution in [0.15, 0.2) is 47.0 Å². The van der Waals surface area contributed by atoms with Gasteiger partial charge in [0.25, 0.3) is 0 Å². The molecule has 2 aromatic carbocycles. The number of carbonyl (C=O) groups is 1. The number of anilines is 1. The molecule has 1 N–H and O–H groups in total. The topological polar surface area (TPSA) is 77.2 Å². The standard InChI is InChI=1S/C21H23N3O3/c1-13-12-16(19-22-14(2)27-24-19)8-11-18(13)15-6-9-17(10-7-15)23-20(25)26-21(3,4)5/h6-12H,1-5H3,(H,23,25). The van der Waals surface area contributed by atoms with Crippen LogP contribution in [-0.4, -0.2) is 21.8 Å². The van der Waals surface area contributed by atoms with Crippen LogP contribution < -0.4 is 5.32 Å². The van der Waals surface area contributed by atoms with E-state index in [-0.39, 0.29) is 0 Å². The lowest BCUT2D eigenvalue weighted by Crippen LogP contribution is -2.27. The van der Waals surface area contributed by atoms with Crippen molar-refractivity contribution in [3.63, 3.8) is 0 Å². The summed E-state index contributed by atoms with van der Waals surface area (Å²) in [5, 5.41) is 6.69. The fourth-order valence-corrected chi connectivity index (χ4v) is 2.70. The van der Waals surface area contributed by atoms with E-state index in [0.717, 1.165) is 22.3 Å². The Morgan fingerprint density at radius 3 is 2.26 bits per heavy atom. The van der Waals surface area contributed by atoms with Gasteiger partial charge in [-0.3, -0.25) is 5.32 Å². The third-order valence-corrected chi connectivity index (χ3v) is 3.85. The van der Waals surface area contributed by atoms with Crippen LogP contribution in [0.5, 0.6) is 0 Å². The Labute approximate surface area is 158 Å². The number of aryl methyl sites for hydroxylation is 2. The highest BCUT2D eigenvalue weighted by molar-refractivity contribution is 5.85. The number of hydrogen-bond acceptors (Lipinski definition) is 5. The smallest absolute Gasteiger partial charge is 0.412 e. The molecule has 0 aliphatic heterocycles. The summed E-state index contributed by atoms with van der Waals surface area (Å²) in [4.78, 5) is 16.1. The normalized spacial score (nSPS) is 11.3. The second kappa shape index (κ2) is 7.23. The fraction of sp³-hybridized carbons (Fsp3) is 0.286. The molecule has 0 aliphatic rings. The lowest BCUT2D eigenvalue weighted by Gasteiger charge is -2.19. The van der Waals surface area contributed by atoms with E-state index in [1.165, 1.54) is 0 Å². The van der Waals surface area contributed by atoms with Crippen LogP contribution in [0, 0.1) is 13.8 Å². The number of carbonyl (C=O) groups excluding carboxylic acids is 1. The van der Waals surface area contributed by atoms with Gasteiger partial charge in [-0.1, -0.05) is 29.4 Å². The molecule has 0 fully saturated rings. The quantitative estimate of drug-likeness (QED) is 0.675. The zero-order valence-electron chi connectivity index (χ0n) is 16.2. The number of amides is 1. The Morgan fingerprint density at radius 2 is 1.70 bits per heavy atom. The first kappa shape index (κ1) is 18.6. The molecular weight excluding hydrogens is 342 g/mol. The third-order valence-electron chi connectivity index (χ3n) is 3.85. The Morgan fingerprint density at radius 1 is 1.04 bits per heavy atom. The highest BCUT2D eigenvalue weighted by Crippen LogP contribution is 2.28. The molecule has 0 saturated carbocycles. The van der Waals surface area contributed by atoms with Crippen molar-refractivity contribution in [3.05, 3.63) is 53.9 Å². The van der Waals surface area contributed by atoms with Gasteiger partial charge in [-0.05, 0) is 62.6 Å². The van der Waals surface area contributed by atoms with E-state index in [1.807, 2.05) is 70.2 Å². The third kappa shape index (κ3) is 4.73. The molecule has 0 saturated heterocycles. The molecule has 0 radical (unpaired) electrons. The number of nitrogens with zero attached hydrogens (tertiary/aromatic N) is 2. The zero-order valence-corrected chi connectivity index (χ0v) is 16.2. The molecule has 6 nitrogen and oxygen atoms in total. The van der Waals surface area contributed by atoms with E-state index in [0.29, 0.717) is 17.4 Å². The van der Waals surface area contributed by atoms with Gasteiger partial charge in [-0.25, -0.2) is 4.79 Å². The van der Waals surface area contributed by atoms with Gasteiger partial charge in [-0.2, -0.15) is 4.98 Å². The molecule has 0 bridgehead atoms. The molecule has 6 heteroatoms. The maximum atomic E-state index is 11.9. The molecule has 0 spiro atoms. The number of nitrogens with one attached hydrogen (secondary N) is 1. The second-order valence-corrected chi connectivity index (χ2v) is 7.37. The number of rotatable bonds is 3. The Hall–Kier alpha value is -3.15. The molecule has 3 aromatic rings. The largest absolute Gasteiger partial charge is 0.444 e. The lowest BCUT2D eigenvalue weighted by atomic mass is 9.98. The van der Waals surface area contributed by atoms with E-state index >= 15 is 0 Å². The number of ether oxygens (including phenoxy) is 1. The van der Waals surface area contributed by atoms with Crippen LogP contribution in [0.4, 0.5) is 10.5 Å². The van der Waals surface area contributed by atoms with Crippen LogP contribution >= 0.6 is 0 Å². The van der Waals surface area contributed by atoms with Crippen molar-refractivity contribution >= 4 is 11.8 Å². The molecule has 0 atom stereocenters. The summed E-state index contributed by atoms with van der Waals surface area (Å²) in [6.07, 6.45) is -0.466. The van der Waals surface area contributed by atoms with E-state index in [9.17, 15) is 4.79 Å². The van der Waals surface area contributed by atoms with Gasteiger partial charge in [-0.15, -0.1) is 0 Å². The van der Waals surface area contributed by atoms with Crippen LogP contribution in [0.25, 0.3) is 22.5 Å². The summed E-state index contributed by atoms with van der Waals surface area (Å²) in [5.74, 6) is 1.12. The van der Waals surface area contributed by atoms with Gasteiger partial charge in [0.1, 0.15) is 5.60 Å². The highest BCUT2D eigenvalue weighted by atomic mass is 16.6. The van der Waals surface area contributed by atoms with Crippen molar-refractivity contribution in [2.24, 2.45) is 0 Å². The van der Waals surface area contributed by atoms with E-state index in [2.05, 4.69) is 15.5 Å². The SMILES string of the molecule is Cc1nc(-c2ccc(-c3ccc(NC(=O)OC(C)(C)C)cc3)c(C)c2)no1. The van der Waals surface area contributed by atoms with Crippen molar-refractivity contribution in [2.45, 2.75) is 40.2 Å². The summed E-state index contributed by atoms with van der Waals surface area (Å²) < 4.78 is 10.3. The molecule has 0 aliphatic carbocycles. The molecule has 1 aromatic heterocycles. The minimum atomic E-state index is -0.528. The lowest BCUT2D eigenvalue weighted by molar-refractivity contribution is 0.0636. The highest BCUT2D eigenvalue weighted by Gasteiger charge is 2.16. The Balaban J connectivity index is 1.76. The summed E-state index contributed by atoms with van der Waals surface area (Å²) in [5.41, 5.74) is 4.32. The molecule has 27 heavy (non-hydrogen) atoms. The summed E-state index contributed by atoms with van der Waals surface area (Å²) in [6, 6.07) is 13.7. The first-order valence-electron chi connectivity index (χ1n) is 8.73. The average molecular weight is 365 g/mol. The molecule has 140 valence electrons. The molecule has 1 amide bonds. The van der Waals surface area contributed by atoms with Crippen molar-refractivity contribution in [1.82, 2.24) is 10.1 Å². The van der Waals surface area contributed by atoms with Crippen LogP contribution in [0.2, 0.25) is 0 Å². The predicted octanol–water partition coefficient (Wildman–Crippen LogP) is 5.37. The maximum absolute atomic E-state index is 11.9. The van der Waals surface area contributed by atoms with Gasteiger partial charge in [0.2, 0.25) is 11.7 Å². The minimum absolute atomic E-state index is 0.466. The first-order chi connectivity index (χ1) is 12.7. The maximum Gasteiger partial charge on any atom is 0.412 e.